The molecule has 0 aliphatic heterocycles. The highest BCUT2D eigenvalue weighted by Gasteiger charge is 2.59. The number of nitrogens with one attached hydrogen (secondary N) is 1. The van der Waals surface area contributed by atoms with Crippen molar-refractivity contribution in [2.75, 3.05) is 13.2 Å². The summed E-state index contributed by atoms with van der Waals surface area (Å²) in [5.41, 5.74) is 1.03. The van der Waals surface area contributed by atoms with Crippen LogP contribution in [0.5, 0.6) is 5.75 Å². The number of fused-ring (bicyclic) bond motifs is 5. The van der Waals surface area contributed by atoms with Gasteiger partial charge in [-0.2, -0.15) is 0 Å². The van der Waals surface area contributed by atoms with Gasteiger partial charge in [-0.1, -0.05) is 44.9 Å². The van der Waals surface area contributed by atoms with Crippen LogP contribution in [-0.4, -0.2) is 30.4 Å². The predicted molar refractivity (Wildman–Crippen MR) is 126 cm³/mol. The van der Waals surface area contributed by atoms with Gasteiger partial charge < -0.3 is 15.2 Å². The summed E-state index contributed by atoms with van der Waals surface area (Å²) in [6.07, 6.45) is 13.9. The minimum Gasteiger partial charge on any atom is -0.491 e. The van der Waals surface area contributed by atoms with Gasteiger partial charge in [-0.3, -0.25) is 0 Å². The number of benzene rings is 1. The van der Waals surface area contributed by atoms with E-state index in [4.69, 9.17) is 4.74 Å². The molecule has 1 aromatic rings. The van der Waals surface area contributed by atoms with E-state index in [0.717, 1.165) is 29.4 Å². The molecule has 4 fully saturated rings. The van der Waals surface area contributed by atoms with Crippen molar-refractivity contribution >= 4 is 0 Å². The lowest BCUT2D eigenvalue weighted by molar-refractivity contribution is -0.107. The number of hydrogen-bond donors (Lipinski definition) is 2. The van der Waals surface area contributed by atoms with Crippen LogP contribution in [0.3, 0.4) is 0 Å². The molecule has 0 spiro atoms. The monoisotopic (exact) mass is 425 g/mol. The first kappa shape index (κ1) is 21.8. The van der Waals surface area contributed by atoms with Gasteiger partial charge in [0.1, 0.15) is 18.5 Å². The summed E-state index contributed by atoms with van der Waals surface area (Å²) in [4.78, 5) is 0. The zero-order valence-corrected chi connectivity index (χ0v) is 19.7. The molecule has 5 rings (SSSR count). The third kappa shape index (κ3) is 3.95. The third-order valence-electron chi connectivity index (χ3n) is 10.4. The van der Waals surface area contributed by atoms with Crippen molar-refractivity contribution in [2.45, 2.75) is 90.2 Å². The van der Waals surface area contributed by atoms with E-state index in [-0.39, 0.29) is 0 Å². The maximum absolute atomic E-state index is 10.5. The van der Waals surface area contributed by atoms with Crippen LogP contribution in [0.1, 0.15) is 78.1 Å². The summed E-state index contributed by atoms with van der Waals surface area (Å²) in [5.74, 6) is 4.62. The summed E-state index contributed by atoms with van der Waals surface area (Å²) < 4.78 is 5.76. The highest BCUT2D eigenvalue weighted by atomic mass is 16.5. The van der Waals surface area contributed by atoms with Gasteiger partial charge in [0.25, 0.3) is 0 Å². The Labute approximate surface area is 189 Å². The molecule has 2 N–H and O–H groups in total. The molecule has 3 nitrogen and oxygen atoms in total. The average Bonchev–Trinajstić information content (AvgIpc) is 3.13. The van der Waals surface area contributed by atoms with E-state index in [1.807, 2.05) is 30.3 Å². The lowest BCUT2D eigenvalue weighted by Crippen LogP contribution is -2.55. The van der Waals surface area contributed by atoms with E-state index < -0.39 is 6.10 Å². The molecule has 3 heteroatoms. The molecular weight excluding hydrogens is 382 g/mol. The highest BCUT2D eigenvalue weighted by molar-refractivity contribution is 5.21. The van der Waals surface area contributed by atoms with Crippen molar-refractivity contribution in [2.24, 2.45) is 34.5 Å². The van der Waals surface area contributed by atoms with E-state index in [2.05, 4.69) is 19.2 Å². The van der Waals surface area contributed by atoms with E-state index in [1.165, 1.54) is 64.2 Å². The van der Waals surface area contributed by atoms with Crippen LogP contribution in [0.2, 0.25) is 0 Å². The average molecular weight is 426 g/mol. The zero-order chi connectivity index (χ0) is 21.5. The van der Waals surface area contributed by atoms with Crippen LogP contribution in [0.15, 0.2) is 30.3 Å². The highest BCUT2D eigenvalue weighted by Crippen LogP contribution is 2.66. The Bertz CT molecular complexity index is 738. The maximum atomic E-state index is 10.5. The number of hydrogen-bond acceptors (Lipinski definition) is 3. The van der Waals surface area contributed by atoms with Crippen molar-refractivity contribution in [1.82, 2.24) is 5.32 Å². The Morgan fingerprint density at radius 1 is 0.935 bits per heavy atom. The molecule has 0 aromatic heterocycles. The third-order valence-corrected chi connectivity index (χ3v) is 10.4. The largest absolute Gasteiger partial charge is 0.491 e. The minimum absolute atomic E-state index is 0.355. The number of ether oxygens (including phenoxy) is 1. The maximum Gasteiger partial charge on any atom is 0.119 e. The van der Waals surface area contributed by atoms with Crippen LogP contribution in [0.4, 0.5) is 0 Å². The van der Waals surface area contributed by atoms with Crippen molar-refractivity contribution in [3.05, 3.63) is 30.3 Å². The fourth-order valence-electron chi connectivity index (χ4n) is 8.68. The van der Waals surface area contributed by atoms with Gasteiger partial charge in [0, 0.05) is 12.6 Å². The van der Waals surface area contributed by atoms with Crippen LogP contribution in [-0.2, 0) is 0 Å². The van der Waals surface area contributed by atoms with E-state index in [0.29, 0.717) is 30.0 Å². The van der Waals surface area contributed by atoms with Gasteiger partial charge in [-0.25, -0.2) is 0 Å². The standard InChI is InChI=1S/C28H43NO2/c1-27-16-7-6-8-20(27)11-12-23-24-13-14-26(28(24,2)17-15-25(23)27)29-18-21(30)19-31-22-9-4-3-5-10-22/h3-5,9-10,20-21,23-26,29-30H,6-8,11-19H2,1-2H3/t20-,21+,23-,24-,25-,26+,27+,28+/m1/s1. The summed E-state index contributed by atoms with van der Waals surface area (Å²) in [5, 5.41) is 14.3. The molecule has 8 atom stereocenters. The van der Waals surface area contributed by atoms with Gasteiger partial charge >= 0.3 is 0 Å². The van der Waals surface area contributed by atoms with Crippen LogP contribution in [0, 0.1) is 34.5 Å². The molecule has 0 unspecified atom stereocenters. The quantitative estimate of drug-likeness (QED) is 0.604. The fraction of sp³-hybridized carbons (Fsp3) is 0.786. The van der Waals surface area contributed by atoms with E-state index in [9.17, 15) is 5.11 Å². The summed E-state index contributed by atoms with van der Waals surface area (Å²) in [7, 11) is 0. The van der Waals surface area contributed by atoms with Crippen LogP contribution in [0.25, 0.3) is 0 Å². The molecule has 0 bridgehead atoms. The second kappa shape index (κ2) is 8.71. The molecule has 1 aromatic carbocycles. The smallest absolute Gasteiger partial charge is 0.119 e. The summed E-state index contributed by atoms with van der Waals surface area (Å²) in [6.45, 7) is 6.23. The molecular formula is C28H43NO2. The SMILES string of the molecule is C[C@]12CCCC[C@@H]1CC[C@H]1[C@H]2CC[C@]2(C)[C@@H](NC[C@H](O)COc3ccccc3)CC[C@H]12. The van der Waals surface area contributed by atoms with Gasteiger partial charge in [0.05, 0.1) is 0 Å². The topological polar surface area (TPSA) is 41.5 Å². The van der Waals surface area contributed by atoms with Crippen LogP contribution >= 0.6 is 0 Å². The normalized spacial score (nSPS) is 42.9. The van der Waals surface area contributed by atoms with Crippen molar-refractivity contribution in [3.63, 3.8) is 0 Å². The molecule has 31 heavy (non-hydrogen) atoms. The lowest BCUT2D eigenvalue weighted by atomic mass is 9.45. The van der Waals surface area contributed by atoms with Gasteiger partial charge in [0.15, 0.2) is 0 Å². The Morgan fingerprint density at radius 3 is 2.58 bits per heavy atom. The number of rotatable bonds is 6. The van der Waals surface area contributed by atoms with E-state index >= 15 is 0 Å². The minimum atomic E-state index is -0.462. The van der Waals surface area contributed by atoms with Crippen molar-refractivity contribution in [3.8, 4) is 5.75 Å². The summed E-state index contributed by atoms with van der Waals surface area (Å²) in [6, 6.07) is 10.4. The van der Waals surface area contributed by atoms with Crippen molar-refractivity contribution in [1.29, 1.82) is 0 Å². The van der Waals surface area contributed by atoms with Crippen LogP contribution < -0.4 is 10.1 Å². The molecule has 172 valence electrons. The first-order valence-corrected chi connectivity index (χ1v) is 13.1. The summed E-state index contributed by atoms with van der Waals surface area (Å²) >= 11 is 0. The lowest BCUT2D eigenvalue weighted by Gasteiger charge is -2.60. The molecule has 0 heterocycles. The molecule has 4 aliphatic carbocycles. The molecule has 0 radical (unpaired) electrons. The predicted octanol–water partition coefficient (Wildman–Crippen LogP) is 5.82. The fourth-order valence-corrected chi connectivity index (χ4v) is 8.68. The van der Waals surface area contributed by atoms with Gasteiger partial charge in [-0.15, -0.1) is 0 Å². The first-order chi connectivity index (χ1) is 15.0. The van der Waals surface area contributed by atoms with Gasteiger partial charge in [-0.05, 0) is 98.0 Å². The second-order valence-electron chi connectivity index (χ2n) is 11.8. The molecule has 4 aliphatic rings. The van der Waals surface area contributed by atoms with E-state index in [1.54, 1.807) is 0 Å². The van der Waals surface area contributed by atoms with Crippen molar-refractivity contribution < 1.29 is 9.84 Å². The first-order valence-electron chi connectivity index (χ1n) is 13.1. The Balaban J connectivity index is 1.18. The molecule has 4 saturated carbocycles. The Morgan fingerprint density at radius 2 is 1.74 bits per heavy atom. The Hall–Kier alpha value is -1.06. The zero-order valence-electron chi connectivity index (χ0n) is 19.7. The Kier molecular flexibility index (Phi) is 6.11. The number of para-hydroxylation sites is 1. The van der Waals surface area contributed by atoms with Gasteiger partial charge in [0.2, 0.25) is 0 Å². The molecule has 0 saturated heterocycles. The number of aliphatic hydroxyl groups is 1. The second-order valence-corrected chi connectivity index (χ2v) is 11.8. The molecule has 0 amide bonds. The number of aliphatic hydroxyl groups excluding tert-OH is 1.